The minimum absolute atomic E-state index is 0.188. The molecular formula is C29H35N7O3. The number of ether oxygens (including phenoxy) is 1. The maximum Gasteiger partial charge on any atom is 0.334 e. The van der Waals surface area contributed by atoms with E-state index in [-0.39, 0.29) is 18.7 Å². The smallest absolute Gasteiger partial charge is 0.334 e. The van der Waals surface area contributed by atoms with E-state index < -0.39 is 12.9 Å². The van der Waals surface area contributed by atoms with Gasteiger partial charge in [-0.25, -0.2) is 19.3 Å². The number of methoxy groups -OCH3 is 1. The SMILES string of the molecule is [2H]C([2H])([2H])N(C)CCN(C)c1cc(OC)c(Cc2nccc(-n3c(=O)n(CC)c4ccccc43)n2)cc1NC(=O)C=C. The Morgan fingerprint density at radius 3 is 2.67 bits per heavy atom. The summed E-state index contributed by atoms with van der Waals surface area (Å²) in [6, 6.07) is 12.8. The van der Waals surface area contributed by atoms with E-state index in [2.05, 4.69) is 16.9 Å². The van der Waals surface area contributed by atoms with Gasteiger partial charge >= 0.3 is 5.69 Å². The van der Waals surface area contributed by atoms with Crippen molar-refractivity contribution in [2.24, 2.45) is 0 Å². The molecule has 204 valence electrons. The number of aromatic nitrogens is 4. The summed E-state index contributed by atoms with van der Waals surface area (Å²) in [5.74, 6) is 1.03. The second kappa shape index (κ2) is 12.0. The molecule has 10 heteroatoms. The Bertz CT molecular complexity index is 1660. The molecule has 0 spiro atoms. The number of para-hydroxylation sites is 2. The number of anilines is 2. The van der Waals surface area contributed by atoms with Crippen molar-refractivity contribution in [3.8, 4) is 11.6 Å². The van der Waals surface area contributed by atoms with Crippen molar-refractivity contribution in [3.63, 3.8) is 0 Å². The fraction of sp³-hybridized carbons (Fsp3) is 0.310. The number of amides is 1. The highest BCUT2D eigenvalue weighted by Crippen LogP contribution is 2.34. The van der Waals surface area contributed by atoms with Crippen LogP contribution in [0.2, 0.25) is 0 Å². The third kappa shape index (κ3) is 5.85. The van der Waals surface area contributed by atoms with Gasteiger partial charge in [-0.1, -0.05) is 18.7 Å². The van der Waals surface area contributed by atoms with Crippen LogP contribution in [0.4, 0.5) is 11.4 Å². The average molecular weight is 533 g/mol. The summed E-state index contributed by atoms with van der Waals surface area (Å²) in [6.07, 6.45) is 3.03. The summed E-state index contributed by atoms with van der Waals surface area (Å²) < 4.78 is 31.8. The van der Waals surface area contributed by atoms with Gasteiger partial charge < -0.3 is 19.9 Å². The van der Waals surface area contributed by atoms with Gasteiger partial charge in [0.05, 0.1) is 29.5 Å². The number of carbonyl (C=O) groups excluding carboxylic acids is 1. The molecule has 0 aliphatic rings. The number of nitrogens with one attached hydrogen (secondary N) is 1. The Morgan fingerprint density at radius 2 is 1.97 bits per heavy atom. The molecule has 2 aromatic heterocycles. The number of aryl methyl sites for hydroxylation is 1. The van der Waals surface area contributed by atoms with Crippen LogP contribution >= 0.6 is 0 Å². The number of hydrogen-bond acceptors (Lipinski definition) is 7. The highest BCUT2D eigenvalue weighted by Gasteiger charge is 2.18. The number of imidazole rings is 1. The summed E-state index contributed by atoms with van der Waals surface area (Å²) in [5, 5.41) is 2.84. The molecule has 0 bridgehead atoms. The van der Waals surface area contributed by atoms with Crippen molar-refractivity contribution in [1.82, 2.24) is 24.0 Å². The van der Waals surface area contributed by atoms with E-state index in [0.29, 0.717) is 47.4 Å². The van der Waals surface area contributed by atoms with E-state index in [1.54, 1.807) is 40.6 Å². The van der Waals surface area contributed by atoms with Crippen molar-refractivity contribution >= 4 is 28.3 Å². The molecule has 2 heterocycles. The number of nitrogens with zero attached hydrogens (tertiary/aromatic N) is 6. The van der Waals surface area contributed by atoms with E-state index in [0.717, 1.165) is 11.0 Å². The van der Waals surface area contributed by atoms with E-state index in [1.165, 1.54) is 18.0 Å². The fourth-order valence-corrected chi connectivity index (χ4v) is 4.47. The fourth-order valence-electron chi connectivity index (χ4n) is 4.47. The van der Waals surface area contributed by atoms with Gasteiger partial charge in [-0.3, -0.25) is 9.36 Å². The predicted molar refractivity (Wildman–Crippen MR) is 155 cm³/mol. The summed E-state index contributed by atoms with van der Waals surface area (Å²) in [6.45, 7) is 4.42. The first-order chi connectivity index (χ1) is 20.0. The van der Waals surface area contributed by atoms with Crippen LogP contribution in [-0.2, 0) is 17.8 Å². The molecule has 0 fully saturated rings. The molecule has 1 amide bonds. The molecule has 0 unspecified atom stereocenters. The molecule has 10 nitrogen and oxygen atoms in total. The van der Waals surface area contributed by atoms with Crippen LogP contribution in [0.1, 0.15) is 22.4 Å². The Hall–Kier alpha value is -4.44. The molecule has 0 aliphatic carbocycles. The molecule has 4 rings (SSSR count). The standard InChI is InChI=1S/C29H35N7O3/c1-7-28(37)31-21-17-20(25(39-6)19-24(21)34(5)16-15-33(3)4)18-26-30-14-13-27(32-26)36-23-12-10-9-11-22(23)35(8-2)29(36)38/h7,9-14,17,19H,1,8,15-16,18H2,2-6H3,(H,31,37)/i3D3. The van der Waals surface area contributed by atoms with Crippen molar-refractivity contribution in [1.29, 1.82) is 0 Å². The molecule has 0 atom stereocenters. The van der Waals surface area contributed by atoms with Crippen molar-refractivity contribution in [2.75, 3.05) is 51.5 Å². The molecule has 0 aliphatic heterocycles. The van der Waals surface area contributed by atoms with Gasteiger partial charge in [-0.05, 0) is 51.3 Å². The summed E-state index contributed by atoms with van der Waals surface area (Å²) in [7, 11) is 4.89. The number of hydrogen-bond donors (Lipinski definition) is 1. The van der Waals surface area contributed by atoms with Crippen LogP contribution in [0.15, 0.2) is 66.1 Å². The summed E-state index contributed by atoms with van der Waals surface area (Å²) in [4.78, 5) is 37.9. The number of carbonyl (C=O) groups is 1. The van der Waals surface area contributed by atoms with Crippen LogP contribution in [0.25, 0.3) is 16.9 Å². The minimum atomic E-state index is -2.21. The van der Waals surface area contributed by atoms with Gasteiger partial charge in [0, 0.05) is 55.0 Å². The summed E-state index contributed by atoms with van der Waals surface area (Å²) >= 11 is 0. The van der Waals surface area contributed by atoms with Crippen LogP contribution < -0.4 is 20.6 Å². The van der Waals surface area contributed by atoms with Gasteiger partial charge in [0.2, 0.25) is 5.91 Å². The monoisotopic (exact) mass is 532 g/mol. The lowest BCUT2D eigenvalue weighted by atomic mass is 10.1. The molecule has 1 N–H and O–H groups in total. The van der Waals surface area contributed by atoms with Crippen LogP contribution in [0.3, 0.4) is 0 Å². The molecule has 4 aromatic rings. The first-order valence-corrected chi connectivity index (χ1v) is 12.6. The first-order valence-electron chi connectivity index (χ1n) is 14.1. The Morgan fingerprint density at radius 1 is 1.21 bits per heavy atom. The normalized spacial score (nSPS) is 12.6. The zero-order valence-corrected chi connectivity index (χ0v) is 22.6. The average Bonchev–Trinajstić information content (AvgIpc) is 3.26. The van der Waals surface area contributed by atoms with Crippen LogP contribution in [0.5, 0.6) is 5.75 Å². The van der Waals surface area contributed by atoms with Crippen molar-refractivity contribution in [2.45, 2.75) is 19.9 Å². The molecular weight excluding hydrogens is 494 g/mol. The second-order valence-corrected chi connectivity index (χ2v) is 9.08. The maximum atomic E-state index is 13.3. The van der Waals surface area contributed by atoms with Gasteiger partial charge in [0.1, 0.15) is 17.4 Å². The second-order valence-electron chi connectivity index (χ2n) is 9.08. The van der Waals surface area contributed by atoms with E-state index >= 15 is 0 Å². The zero-order chi connectivity index (χ0) is 30.6. The summed E-state index contributed by atoms with van der Waals surface area (Å²) in [5.41, 5.74) is 3.21. The number of rotatable bonds is 11. The Kier molecular flexibility index (Phi) is 7.25. The molecule has 0 saturated carbocycles. The molecule has 39 heavy (non-hydrogen) atoms. The third-order valence-corrected chi connectivity index (χ3v) is 6.44. The highest BCUT2D eigenvalue weighted by atomic mass is 16.5. The number of fused-ring (bicyclic) bond motifs is 1. The Balaban J connectivity index is 1.71. The quantitative estimate of drug-likeness (QED) is 0.296. The zero-order valence-electron chi connectivity index (χ0n) is 25.6. The van der Waals surface area contributed by atoms with Crippen molar-refractivity contribution < 1.29 is 13.6 Å². The maximum absolute atomic E-state index is 13.3. The van der Waals surface area contributed by atoms with Crippen molar-refractivity contribution in [3.05, 3.63) is 83.2 Å². The van der Waals surface area contributed by atoms with E-state index in [1.807, 2.05) is 43.1 Å². The number of likely N-dealkylation sites (N-methyl/N-ethyl adjacent to an activating group) is 2. The van der Waals surface area contributed by atoms with Crippen LogP contribution in [-0.4, -0.2) is 71.2 Å². The lowest BCUT2D eigenvalue weighted by Gasteiger charge is -2.25. The van der Waals surface area contributed by atoms with Gasteiger partial charge in [0.25, 0.3) is 0 Å². The molecule has 0 radical (unpaired) electrons. The first kappa shape index (κ1) is 23.7. The third-order valence-electron chi connectivity index (χ3n) is 6.44. The lowest BCUT2D eigenvalue weighted by Crippen LogP contribution is -2.29. The van der Waals surface area contributed by atoms with Gasteiger partial charge in [0.15, 0.2) is 0 Å². The number of benzene rings is 2. The largest absolute Gasteiger partial charge is 0.496 e. The predicted octanol–water partition coefficient (Wildman–Crippen LogP) is 3.32. The highest BCUT2D eigenvalue weighted by molar-refractivity contribution is 6.01. The molecule has 2 aromatic carbocycles. The topological polar surface area (TPSA) is 97.5 Å². The lowest BCUT2D eigenvalue weighted by molar-refractivity contribution is -0.111. The van der Waals surface area contributed by atoms with E-state index in [4.69, 9.17) is 13.8 Å². The minimum Gasteiger partial charge on any atom is -0.496 e. The van der Waals surface area contributed by atoms with E-state index in [9.17, 15) is 9.59 Å². The van der Waals surface area contributed by atoms with Crippen LogP contribution in [0, 0.1) is 0 Å². The van der Waals surface area contributed by atoms with Gasteiger partial charge in [-0.2, -0.15) is 0 Å². The van der Waals surface area contributed by atoms with Gasteiger partial charge in [-0.15, -0.1) is 0 Å². The molecule has 0 saturated heterocycles. The Labute approximate surface area is 232 Å².